The van der Waals surface area contributed by atoms with Gasteiger partial charge >= 0.3 is 5.69 Å². The molecule has 1 aliphatic rings. The molecule has 0 aliphatic carbocycles. The molecule has 1 N–H and O–H groups in total. The number of carbonyl (C=O) groups excluding carboxylic acids is 1. The number of aromatic amines is 1. The van der Waals surface area contributed by atoms with E-state index in [2.05, 4.69) is 25.8 Å². The molecular weight excluding hydrogens is 270 g/mol. The Kier molecular flexibility index (Phi) is 4.34. The van der Waals surface area contributed by atoms with Crippen LogP contribution in [-0.2, 0) is 11.3 Å². The van der Waals surface area contributed by atoms with E-state index in [-0.39, 0.29) is 23.9 Å². The fraction of sp³-hybridized carbons (Fsp3) is 0.667. The molecule has 0 bridgehead atoms. The van der Waals surface area contributed by atoms with Crippen LogP contribution < -0.4 is 11.2 Å². The Hall–Kier alpha value is -1.85. The first-order chi connectivity index (χ1) is 9.76. The van der Waals surface area contributed by atoms with Crippen molar-refractivity contribution in [2.24, 2.45) is 5.41 Å². The maximum atomic E-state index is 12.4. The Bertz CT molecular complexity index is 624. The number of rotatable bonds is 3. The zero-order valence-electron chi connectivity index (χ0n) is 12.9. The molecule has 6 nitrogen and oxygen atoms in total. The van der Waals surface area contributed by atoms with Gasteiger partial charge in [0.1, 0.15) is 6.54 Å². The summed E-state index contributed by atoms with van der Waals surface area (Å²) in [4.78, 5) is 39.1. The van der Waals surface area contributed by atoms with Crippen molar-refractivity contribution in [3.8, 4) is 0 Å². The molecule has 0 saturated carbocycles. The second kappa shape index (κ2) is 5.87. The van der Waals surface area contributed by atoms with E-state index >= 15 is 0 Å². The zero-order valence-corrected chi connectivity index (χ0v) is 12.9. The number of carbonyl (C=O) groups is 1. The molecule has 2 heterocycles. The van der Waals surface area contributed by atoms with Gasteiger partial charge in [0.05, 0.1) is 0 Å². The molecular formula is C15H23N3O3. The third-order valence-corrected chi connectivity index (χ3v) is 3.75. The van der Waals surface area contributed by atoms with Gasteiger partial charge in [-0.1, -0.05) is 20.8 Å². The molecule has 0 radical (unpaired) electrons. The monoisotopic (exact) mass is 293 g/mol. The number of hydrogen-bond acceptors (Lipinski definition) is 3. The topological polar surface area (TPSA) is 75.2 Å². The van der Waals surface area contributed by atoms with E-state index < -0.39 is 11.2 Å². The van der Waals surface area contributed by atoms with Gasteiger partial charge in [0.25, 0.3) is 5.56 Å². The Labute approximate surface area is 123 Å². The maximum Gasteiger partial charge on any atom is 0.328 e. The van der Waals surface area contributed by atoms with Crippen LogP contribution in [0.2, 0.25) is 0 Å². The molecule has 1 amide bonds. The van der Waals surface area contributed by atoms with Crippen molar-refractivity contribution in [3.63, 3.8) is 0 Å². The number of likely N-dealkylation sites (tertiary alicyclic amines) is 1. The van der Waals surface area contributed by atoms with Gasteiger partial charge < -0.3 is 4.90 Å². The molecule has 1 aliphatic heterocycles. The largest absolute Gasteiger partial charge is 0.338 e. The van der Waals surface area contributed by atoms with Crippen LogP contribution in [0.4, 0.5) is 0 Å². The highest BCUT2D eigenvalue weighted by molar-refractivity contribution is 5.76. The molecule has 6 heteroatoms. The summed E-state index contributed by atoms with van der Waals surface area (Å²) in [6.45, 7) is 7.23. The van der Waals surface area contributed by atoms with Gasteiger partial charge in [0.15, 0.2) is 0 Å². The van der Waals surface area contributed by atoms with E-state index in [0.717, 1.165) is 25.8 Å². The van der Waals surface area contributed by atoms with E-state index in [1.54, 1.807) is 0 Å². The van der Waals surface area contributed by atoms with Crippen LogP contribution >= 0.6 is 0 Å². The van der Waals surface area contributed by atoms with Crippen molar-refractivity contribution >= 4 is 5.91 Å². The third-order valence-electron chi connectivity index (χ3n) is 3.75. The quantitative estimate of drug-likeness (QED) is 0.902. The van der Waals surface area contributed by atoms with Crippen LogP contribution in [0.3, 0.4) is 0 Å². The van der Waals surface area contributed by atoms with Crippen molar-refractivity contribution in [2.75, 3.05) is 6.54 Å². The number of nitrogens with zero attached hydrogens (tertiary/aromatic N) is 2. The Morgan fingerprint density at radius 3 is 2.71 bits per heavy atom. The second-order valence-electron chi connectivity index (χ2n) is 6.89. The van der Waals surface area contributed by atoms with Crippen LogP contribution in [0.5, 0.6) is 0 Å². The second-order valence-corrected chi connectivity index (χ2v) is 6.89. The first kappa shape index (κ1) is 15.5. The van der Waals surface area contributed by atoms with Crippen molar-refractivity contribution in [3.05, 3.63) is 33.1 Å². The molecule has 1 unspecified atom stereocenters. The first-order valence-corrected chi connectivity index (χ1v) is 7.35. The van der Waals surface area contributed by atoms with Gasteiger partial charge in [-0.25, -0.2) is 4.79 Å². The highest BCUT2D eigenvalue weighted by Crippen LogP contribution is 2.29. The van der Waals surface area contributed by atoms with Gasteiger partial charge in [-0.3, -0.25) is 19.1 Å². The fourth-order valence-electron chi connectivity index (χ4n) is 2.89. The van der Waals surface area contributed by atoms with Gasteiger partial charge in [-0.05, 0) is 24.7 Å². The van der Waals surface area contributed by atoms with Crippen LogP contribution in [0.25, 0.3) is 0 Å². The average molecular weight is 293 g/mol. The number of nitrogens with one attached hydrogen (secondary N) is 1. The Morgan fingerprint density at radius 2 is 2.10 bits per heavy atom. The molecule has 2 rings (SSSR count). The summed E-state index contributed by atoms with van der Waals surface area (Å²) in [6, 6.07) is 1.50. The van der Waals surface area contributed by atoms with Gasteiger partial charge in [-0.15, -0.1) is 0 Å². The number of H-pyrrole nitrogens is 1. The summed E-state index contributed by atoms with van der Waals surface area (Å²) in [7, 11) is 0. The summed E-state index contributed by atoms with van der Waals surface area (Å²) >= 11 is 0. The van der Waals surface area contributed by atoms with Gasteiger partial charge in [-0.2, -0.15) is 0 Å². The molecule has 0 spiro atoms. The van der Waals surface area contributed by atoms with Crippen molar-refractivity contribution < 1.29 is 4.79 Å². The Morgan fingerprint density at radius 1 is 1.38 bits per heavy atom. The smallest absolute Gasteiger partial charge is 0.328 e. The molecule has 116 valence electrons. The average Bonchev–Trinajstić information content (AvgIpc) is 2.78. The zero-order chi connectivity index (χ0) is 15.6. The molecule has 0 aromatic carbocycles. The highest BCUT2D eigenvalue weighted by atomic mass is 16.2. The molecule has 1 fully saturated rings. The van der Waals surface area contributed by atoms with Crippen LogP contribution in [0.15, 0.2) is 21.9 Å². The molecule has 1 aromatic heterocycles. The van der Waals surface area contributed by atoms with Crippen molar-refractivity contribution in [1.82, 2.24) is 14.5 Å². The minimum atomic E-state index is -0.539. The lowest BCUT2D eigenvalue weighted by atomic mass is 9.87. The van der Waals surface area contributed by atoms with Gasteiger partial charge in [0, 0.05) is 24.8 Å². The van der Waals surface area contributed by atoms with E-state index in [4.69, 9.17) is 0 Å². The lowest BCUT2D eigenvalue weighted by Crippen LogP contribution is -2.41. The summed E-state index contributed by atoms with van der Waals surface area (Å²) in [5, 5.41) is 0. The van der Waals surface area contributed by atoms with Gasteiger partial charge in [0.2, 0.25) is 5.91 Å². The van der Waals surface area contributed by atoms with Crippen molar-refractivity contribution in [2.45, 2.75) is 52.6 Å². The van der Waals surface area contributed by atoms with Crippen LogP contribution in [0.1, 0.15) is 40.0 Å². The highest BCUT2D eigenvalue weighted by Gasteiger charge is 2.31. The minimum absolute atomic E-state index is 0.0176. The lowest BCUT2D eigenvalue weighted by Gasteiger charge is -2.30. The lowest BCUT2D eigenvalue weighted by molar-refractivity contribution is -0.133. The standard InChI is InChI=1S/C15H23N3O3/c1-15(2,3)9-11-5-4-7-18(11)13(20)10-17-8-6-12(19)16-14(17)21/h6,8,11H,4-5,7,9-10H2,1-3H3,(H,16,19,21). The predicted molar refractivity (Wildman–Crippen MR) is 80.1 cm³/mol. The number of aromatic nitrogens is 2. The predicted octanol–water partition coefficient (Wildman–Crippen LogP) is 0.964. The van der Waals surface area contributed by atoms with Crippen LogP contribution in [0, 0.1) is 5.41 Å². The summed E-state index contributed by atoms with van der Waals surface area (Å²) in [6.07, 6.45) is 4.35. The SMILES string of the molecule is CC(C)(C)CC1CCCN1C(=O)Cn1ccc(=O)[nH]c1=O. The van der Waals surface area contributed by atoms with Crippen molar-refractivity contribution in [1.29, 1.82) is 0 Å². The summed E-state index contributed by atoms with van der Waals surface area (Å²) < 4.78 is 1.25. The summed E-state index contributed by atoms with van der Waals surface area (Å²) in [5.74, 6) is -0.0594. The maximum absolute atomic E-state index is 12.4. The minimum Gasteiger partial charge on any atom is -0.338 e. The fourth-order valence-corrected chi connectivity index (χ4v) is 2.89. The van der Waals surface area contributed by atoms with E-state index in [9.17, 15) is 14.4 Å². The van der Waals surface area contributed by atoms with Crippen LogP contribution in [-0.4, -0.2) is 32.9 Å². The molecule has 1 aromatic rings. The van der Waals surface area contributed by atoms with E-state index in [1.807, 2.05) is 4.90 Å². The normalized spacial score (nSPS) is 19.0. The summed E-state index contributed by atoms with van der Waals surface area (Å²) in [5.41, 5.74) is -0.819. The number of amides is 1. The first-order valence-electron chi connectivity index (χ1n) is 7.35. The molecule has 1 saturated heterocycles. The van der Waals surface area contributed by atoms with E-state index in [0.29, 0.717) is 0 Å². The molecule has 1 atom stereocenters. The third kappa shape index (κ3) is 4.06. The number of hydrogen-bond donors (Lipinski definition) is 1. The van der Waals surface area contributed by atoms with E-state index in [1.165, 1.54) is 16.8 Å². The Balaban J connectivity index is 2.08. The molecule has 21 heavy (non-hydrogen) atoms.